The van der Waals surface area contributed by atoms with E-state index < -0.39 is 0 Å². The van der Waals surface area contributed by atoms with Gasteiger partial charge in [-0.2, -0.15) is 0 Å². The number of rotatable bonds is 6. The van der Waals surface area contributed by atoms with Crippen LogP contribution in [0.3, 0.4) is 0 Å². The molecule has 1 aromatic rings. The first-order valence-corrected chi connectivity index (χ1v) is 6.30. The summed E-state index contributed by atoms with van der Waals surface area (Å²) in [4.78, 5) is 0. The molecule has 0 aliphatic heterocycles. The molecule has 0 aromatic heterocycles. The summed E-state index contributed by atoms with van der Waals surface area (Å²) in [7, 11) is 0. The van der Waals surface area contributed by atoms with Gasteiger partial charge in [0, 0.05) is 0 Å². The maximum Gasteiger partial charge on any atom is -0.0128 e. The van der Waals surface area contributed by atoms with E-state index in [1.54, 1.807) is 0 Å². The molecule has 0 N–H and O–H groups in total. The van der Waals surface area contributed by atoms with Crippen molar-refractivity contribution in [3.05, 3.63) is 47.2 Å². The van der Waals surface area contributed by atoms with E-state index in [0.29, 0.717) is 0 Å². The molecule has 0 amide bonds. The average molecular weight is 214 g/mol. The third-order valence-corrected chi connectivity index (χ3v) is 2.69. The zero-order chi connectivity index (χ0) is 11.6. The lowest BCUT2D eigenvalue weighted by molar-refractivity contribution is 0.665. The molecule has 0 nitrogen and oxygen atoms in total. The highest BCUT2D eigenvalue weighted by atomic mass is 13.9. The minimum Gasteiger partial charge on any atom is -0.121 e. The normalized spacial score (nSPS) is 9.62. The second kappa shape index (κ2) is 7.96. The average Bonchev–Trinajstić information content (AvgIpc) is 2.33. The lowest BCUT2D eigenvalue weighted by Crippen LogP contribution is -1.78. The van der Waals surface area contributed by atoms with Crippen molar-refractivity contribution in [2.24, 2.45) is 0 Å². The SMILES string of the molecule is CCCCCCC(C)=C=Cc1ccccc1. The summed E-state index contributed by atoms with van der Waals surface area (Å²) in [5, 5.41) is 0. The molecule has 0 fully saturated rings. The van der Waals surface area contributed by atoms with Crippen LogP contribution in [0.1, 0.15) is 51.5 Å². The summed E-state index contributed by atoms with van der Waals surface area (Å²) >= 11 is 0. The molecule has 0 spiro atoms. The van der Waals surface area contributed by atoms with E-state index in [0.717, 1.165) is 0 Å². The summed E-state index contributed by atoms with van der Waals surface area (Å²) in [6.07, 6.45) is 8.58. The van der Waals surface area contributed by atoms with Crippen LogP contribution in [0.2, 0.25) is 0 Å². The summed E-state index contributed by atoms with van der Waals surface area (Å²) in [5.41, 5.74) is 5.96. The smallest absolute Gasteiger partial charge is 0.0128 e. The third-order valence-electron chi connectivity index (χ3n) is 2.69. The molecule has 16 heavy (non-hydrogen) atoms. The van der Waals surface area contributed by atoms with Crippen LogP contribution in [0, 0.1) is 0 Å². The van der Waals surface area contributed by atoms with Crippen molar-refractivity contribution in [2.75, 3.05) is 0 Å². The molecule has 0 heterocycles. The van der Waals surface area contributed by atoms with Crippen molar-refractivity contribution in [1.29, 1.82) is 0 Å². The molecule has 1 aromatic carbocycles. The summed E-state index contributed by atoms with van der Waals surface area (Å²) in [5.74, 6) is 0. The van der Waals surface area contributed by atoms with Gasteiger partial charge in [-0.1, -0.05) is 56.5 Å². The number of allylic oxidation sites excluding steroid dienone is 1. The Bertz CT molecular complexity index is 340. The molecule has 86 valence electrons. The molecule has 0 bridgehead atoms. The second-order valence-electron chi connectivity index (χ2n) is 4.29. The molecule has 0 atom stereocenters. The number of hydrogen-bond acceptors (Lipinski definition) is 0. The maximum atomic E-state index is 3.37. The lowest BCUT2D eigenvalue weighted by atomic mass is 10.1. The molecular formula is C16H22. The standard InChI is InChI=1S/C16H22/c1-3-4-5-7-10-15(2)13-14-16-11-8-6-9-12-16/h6,8-9,11-12,14H,3-5,7,10H2,1-2H3. The van der Waals surface area contributed by atoms with Gasteiger partial charge in [0.25, 0.3) is 0 Å². The Morgan fingerprint density at radius 2 is 1.88 bits per heavy atom. The first-order chi connectivity index (χ1) is 7.83. The molecule has 0 saturated heterocycles. The minimum absolute atomic E-state index is 1.18. The number of unbranched alkanes of at least 4 members (excludes halogenated alkanes) is 3. The van der Waals surface area contributed by atoms with Gasteiger partial charge in [-0.25, -0.2) is 0 Å². The highest BCUT2D eigenvalue weighted by Crippen LogP contribution is 2.09. The van der Waals surface area contributed by atoms with E-state index in [1.165, 1.54) is 43.2 Å². The van der Waals surface area contributed by atoms with E-state index in [1.807, 2.05) is 6.07 Å². The lowest BCUT2D eigenvalue weighted by Gasteiger charge is -1.97. The van der Waals surface area contributed by atoms with Crippen molar-refractivity contribution in [2.45, 2.75) is 46.0 Å². The summed E-state index contributed by atoms with van der Waals surface area (Å²) in [6, 6.07) is 10.4. The molecule has 0 saturated carbocycles. The predicted molar refractivity (Wildman–Crippen MR) is 72.4 cm³/mol. The first-order valence-electron chi connectivity index (χ1n) is 6.30. The molecule has 0 unspecified atom stereocenters. The van der Waals surface area contributed by atoms with E-state index >= 15 is 0 Å². The van der Waals surface area contributed by atoms with Crippen LogP contribution in [0.5, 0.6) is 0 Å². The largest absolute Gasteiger partial charge is 0.121 e. The molecule has 1 rings (SSSR count). The van der Waals surface area contributed by atoms with Gasteiger partial charge in [-0.05, 0) is 37.0 Å². The van der Waals surface area contributed by atoms with Crippen molar-refractivity contribution in [3.8, 4) is 0 Å². The zero-order valence-corrected chi connectivity index (χ0v) is 10.5. The Kier molecular flexibility index (Phi) is 6.37. The highest BCUT2D eigenvalue weighted by Gasteiger charge is 1.89. The van der Waals surface area contributed by atoms with E-state index in [9.17, 15) is 0 Å². The second-order valence-corrected chi connectivity index (χ2v) is 4.29. The number of hydrogen-bond donors (Lipinski definition) is 0. The third kappa shape index (κ3) is 5.58. The zero-order valence-electron chi connectivity index (χ0n) is 10.5. The molecule has 0 aliphatic carbocycles. The molecule has 0 heteroatoms. The first kappa shape index (κ1) is 12.8. The Hall–Kier alpha value is -1.26. The summed E-state index contributed by atoms with van der Waals surface area (Å²) < 4.78 is 0. The van der Waals surface area contributed by atoms with Crippen molar-refractivity contribution < 1.29 is 0 Å². The highest BCUT2D eigenvalue weighted by molar-refractivity contribution is 5.48. The maximum absolute atomic E-state index is 3.37. The Labute approximate surface area is 99.7 Å². The molecule has 0 aliphatic rings. The van der Waals surface area contributed by atoms with Gasteiger partial charge in [0.05, 0.1) is 0 Å². The van der Waals surface area contributed by atoms with E-state index in [-0.39, 0.29) is 0 Å². The van der Waals surface area contributed by atoms with Gasteiger partial charge in [0.15, 0.2) is 0 Å². The van der Waals surface area contributed by atoms with Gasteiger partial charge >= 0.3 is 0 Å². The Balaban J connectivity index is 2.40. The predicted octanol–water partition coefficient (Wildman–Crippen LogP) is 5.22. The summed E-state index contributed by atoms with van der Waals surface area (Å²) in [6.45, 7) is 4.42. The Morgan fingerprint density at radius 3 is 2.56 bits per heavy atom. The fraction of sp³-hybridized carbons (Fsp3) is 0.438. The van der Waals surface area contributed by atoms with Gasteiger partial charge in [-0.3, -0.25) is 0 Å². The van der Waals surface area contributed by atoms with Gasteiger partial charge in [0.1, 0.15) is 0 Å². The van der Waals surface area contributed by atoms with Crippen LogP contribution < -0.4 is 0 Å². The van der Waals surface area contributed by atoms with Crippen LogP contribution in [0.25, 0.3) is 6.08 Å². The van der Waals surface area contributed by atoms with Crippen molar-refractivity contribution >= 4 is 6.08 Å². The van der Waals surface area contributed by atoms with Crippen LogP contribution in [-0.4, -0.2) is 0 Å². The van der Waals surface area contributed by atoms with Crippen LogP contribution in [-0.2, 0) is 0 Å². The van der Waals surface area contributed by atoms with Gasteiger partial charge < -0.3 is 0 Å². The molecule has 0 radical (unpaired) electrons. The van der Waals surface area contributed by atoms with Crippen LogP contribution in [0.15, 0.2) is 41.6 Å². The quantitative estimate of drug-likeness (QED) is 0.450. The van der Waals surface area contributed by atoms with E-state index in [4.69, 9.17) is 0 Å². The van der Waals surface area contributed by atoms with Gasteiger partial charge in [-0.15, -0.1) is 5.73 Å². The van der Waals surface area contributed by atoms with Crippen LogP contribution >= 0.6 is 0 Å². The minimum atomic E-state index is 1.18. The van der Waals surface area contributed by atoms with Crippen molar-refractivity contribution in [1.82, 2.24) is 0 Å². The fourth-order valence-corrected chi connectivity index (χ4v) is 1.64. The van der Waals surface area contributed by atoms with Gasteiger partial charge in [0.2, 0.25) is 0 Å². The Morgan fingerprint density at radius 1 is 1.12 bits per heavy atom. The fourth-order valence-electron chi connectivity index (χ4n) is 1.64. The van der Waals surface area contributed by atoms with E-state index in [2.05, 4.69) is 49.9 Å². The topological polar surface area (TPSA) is 0 Å². The monoisotopic (exact) mass is 214 g/mol. The molecular weight excluding hydrogens is 192 g/mol. The van der Waals surface area contributed by atoms with Crippen molar-refractivity contribution in [3.63, 3.8) is 0 Å². The number of benzene rings is 1. The van der Waals surface area contributed by atoms with Crippen LogP contribution in [0.4, 0.5) is 0 Å².